The van der Waals surface area contributed by atoms with E-state index in [1.165, 1.54) is 0 Å². The maximum atomic E-state index is 12.7. The van der Waals surface area contributed by atoms with Crippen LogP contribution in [0.4, 0.5) is 22.0 Å². The Morgan fingerprint density at radius 1 is 1.22 bits per heavy atom. The van der Waals surface area contributed by atoms with Gasteiger partial charge in [-0.3, -0.25) is 0 Å². The molecule has 1 rings (SSSR count). The molecule has 0 aliphatic carbocycles. The highest BCUT2D eigenvalue weighted by atomic mass is 19.4. The normalized spacial score (nSPS) is 15.6. The molecule has 0 fully saturated rings. The Morgan fingerprint density at radius 2 is 1.78 bits per heavy atom. The number of methoxy groups -OCH3 is 1. The second-order valence-corrected chi connectivity index (χ2v) is 4.00. The lowest BCUT2D eigenvalue weighted by Crippen LogP contribution is -2.40. The summed E-state index contributed by atoms with van der Waals surface area (Å²) in [6.45, 7) is 0.972. The molecular weight excluding hydrogens is 257 g/mol. The van der Waals surface area contributed by atoms with E-state index in [0.717, 1.165) is 26.2 Å². The molecular formula is C11H12F5NO. The molecule has 7 heteroatoms. The molecule has 102 valence electrons. The zero-order valence-corrected chi connectivity index (χ0v) is 9.68. The number of benzene rings is 1. The van der Waals surface area contributed by atoms with E-state index >= 15 is 0 Å². The largest absolute Gasteiger partial charge is 0.496 e. The van der Waals surface area contributed by atoms with Crippen LogP contribution in [0.3, 0.4) is 0 Å². The van der Waals surface area contributed by atoms with Gasteiger partial charge in [-0.2, -0.15) is 13.2 Å². The fraction of sp³-hybridized carbons (Fsp3) is 0.455. The van der Waals surface area contributed by atoms with Crippen LogP contribution >= 0.6 is 0 Å². The van der Waals surface area contributed by atoms with E-state index in [9.17, 15) is 22.0 Å². The number of alkyl halides is 5. The highest BCUT2D eigenvalue weighted by Crippen LogP contribution is 2.38. The quantitative estimate of drug-likeness (QED) is 0.855. The van der Waals surface area contributed by atoms with E-state index in [2.05, 4.69) is 4.74 Å². The highest BCUT2D eigenvalue weighted by Gasteiger charge is 2.38. The summed E-state index contributed by atoms with van der Waals surface area (Å²) in [5, 5.41) is 0. The standard InChI is InChI=1S/C11H12F5NO/c1-10(17,9(12)13)6-3-4-8(18-2)7(5-6)11(14,15)16/h3-5,9H,17H2,1-2H3. The van der Waals surface area contributed by atoms with Crippen molar-refractivity contribution in [1.82, 2.24) is 0 Å². The van der Waals surface area contributed by atoms with E-state index < -0.39 is 29.5 Å². The van der Waals surface area contributed by atoms with Crippen LogP contribution in [0, 0.1) is 0 Å². The third-order valence-corrected chi connectivity index (χ3v) is 2.58. The minimum atomic E-state index is -4.69. The predicted molar refractivity (Wildman–Crippen MR) is 55.5 cm³/mol. The van der Waals surface area contributed by atoms with E-state index in [1.54, 1.807) is 0 Å². The lowest BCUT2D eigenvalue weighted by atomic mass is 9.92. The summed E-state index contributed by atoms with van der Waals surface area (Å²) in [7, 11) is 1.07. The fourth-order valence-electron chi connectivity index (χ4n) is 1.39. The van der Waals surface area contributed by atoms with Crippen molar-refractivity contribution in [3.63, 3.8) is 0 Å². The highest BCUT2D eigenvalue weighted by molar-refractivity contribution is 5.41. The van der Waals surface area contributed by atoms with Gasteiger partial charge in [-0.25, -0.2) is 8.78 Å². The van der Waals surface area contributed by atoms with Gasteiger partial charge in [-0.1, -0.05) is 6.07 Å². The molecule has 0 aromatic heterocycles. The molecule has 2 N–H and O–H groups in total. The van der Waals surface area contributed by atoms with Gasteiger partial charge in [0, 0.05) is 0 Å². The van der Waals surface area contributed by atoms with Crippen LogP contribution in [0.5, 0.6) is 5.75 Å². The summed E-state index contributed by atoms with van der Waals surface area (Å²) in [5.41, 5.74) is 1.75. The summed E-state index contributed by atoms with van der Waals surface area (Å²) in [6.07, 6.45) is -7.67. The van der Waals surface area contributed by atoms with Crippen LogP contribution < -0.4 is 10.5 Å². The van der Waals surface area contributed by atoms with Crippen molar-refractivity contribution >= 4 is 0 Å². The second kappa shape index (κ2) is 4.72. The van der Waals surface area contributed by atoms with Crippen molar-refractivity contribution in [3.8, 4) is 5.75 Å². The molecule has 1 aromatic carbocycles. The molecule has 0 saturated carbocycles. The van der Waals surface area contributed by atoms with Gasteiger partial charge in [0.2, 0.25) is 0 Å². The molecule has 0 amide bonds. The van der Waals surface area contributed by atoms with Crippen LogP contribution in [-0.4, -0.2) is 13.5 Å². The van der Waals surface area contributed by atoms with E-state index in [0.29, 0.717) is 6.07 Å². The number of ether oxygens (including phenoxy) is 1. The first-order valence-electron chi connectivity index (χ1n) is 4.93. The van der Waals surface area contributed by atoms with Crippen molar-refractivity contribution in [3.05, 3.63) is 29.3 Å². The average Bonchev–Trinajstić information content (AvgIpc) is 2.26. The molecule has 2 nitrogen and oxygen atoms in total. The summed E-state index contributed by atoms with van der Waals surface area (Å²) in [4.78, 5) is 0. The summed E-state index contributed by atoms with van der Waals surface area (Å²) in [5.74, 6) is -0.434. The molecule has 0 radical (unpaired) electrons. The van der Waals surface area contributed by atoms with Crippen molar-refractivity contribution < 1.29 is 26.7 Å². The van der Waals surface area contributed by atoms with E-state index in [1.807, 2.05) is 0 Å². The van der Waals surface area contributed by atoms with Crippen LogP contribution in [0.1, 0.15) is 18.1 Å². The van der Waals surface area contributed by atoms with Crippen LogP contribution in [0.2, 0.25) is 0 Å². The number of halogens is 5. The Morgan fingerprint density at radius 3 is 2.17 bits per heavy atom. The topological polar surface area (TPSA) is 35.2 Å². The zero-order chi connectivity index (χ0) is 14.1. The van der Waals surface area contributed by atoms with E-state index in [4.69, 9.17) is 5.73 Å². The van der Waals surface area contributed by atoms with Gasteiger partial charge in [0.15, 0.2) is 0 Å². The first-order valence-corrected chi connectivity index (χ1v) is 4.93. The lowest BCUT2D eigenvalue weighted by molar-refractivity contribution is -0.138. The lowest BCUT2D eigenvalue weighted by Gasteiger charge is -2.25. The summed E-state index contributed by atoms with van der Waals surface area (Å²) < 4.78 is 68.0. The van der Waals surface area contributed by atoms with Crippen molar-refractivity contribution in [2.75, 3.05) is 7.11 Å². The third kappa shape index (κ3) is 2.72. The first kappa shape index (κ1) is 14.7. The number of hydrogen-bond acceptors (Lipinski definition) is 2. The molecule has 0 bridgehead atoms. The van der Waals surface area contributed by atoms with Crippen LogP contribution in [0.15, 0.2) is 18.2 Å². The zero-order valence-electron chi connectivity index (χ0n) is 9.68. The van der Waals surface area contributed by atoms with Crippen LogP contribution in [-0.2, 0) is 11.7 Å². The maximum absolute atomic E-state index is 12.7. The fourth-order valence-corrected chi connectivity index (χ4v) is 1.39. The Kier molecular flexibility index (Phi) is 3.85. The Hall–Kier alpha value is -1.37. The van der Waals surface area contributed by atoms with Gasteiger partial charge in [0.25, 0.3) is 6.43 Å². The molecule has 0 heterocycles. The maximum Gasteiger partial charge on any atom is 0.419 e. The Balaban J connectivity index is 3.36. The van der Waals surface area contributed by atoms with Crippen molar-refractivity contribution in [2.45, 2.75) is 25.1 Å². The molecule has 0 spiro atoms. The van der Waals surface area contributed by atoms with Crippen molar-refractivity contribution in [2.24, 2.45) is 5.73 Å². The molecule has 1 unspecified atom stereocenters. The van der Waals surface area contributed by atoms with Crippen LogP contribution in [0.25, 0.3) is 0 Å². The molecule has 1 atom stereocenters. The number of rotatable bonds is 3. The SMILES string of the molecule is COc1ccc(C(C)(N)C(F)F)cc1C(F)(F)F. The third-order valence-electron chi connectivity index (χ3n) is 2.58. The van der Waals surface area contributed by atoms with Gasteiger partial charge in [-0.05, 0) is 24.6 Å². The van der Waals surface area contributed by atoms with Gasteiger partial charge in [0.1, 0.15) is 5.75 Å². The van der Waals surface area contributed by atoms with Gasteiger partial charge in [-0.15, -0.1) is 0 Å². The smallest absolute Gasteiger partial charge is 0.419 e. The Bertz CT molecular complexity index is 428. The molecule has 1 aromatic rings. The average molecular weight is 269 g/mol. The van der Waals surface area contributed by atoms with Crippen molar-refractivity contribution in [1.29, 1.82) is 0 Å². The van der Waals surface area contributed by atoms with Gasteiger partial charge in [0.05, 0.1) is 18.2 Å². The summed E-state index contributed by atoms with van der Waals surface area (Å²) >= 11 is 0. The molecule has 18 heavy (non-hydrogen) atoms. The molecule has 0 aliphatic rings. The molecule has 0 aliphatic heterocycles. The minimum absolute atomic E-state index is 0.300. The second-order valence-electron chi connectivity index (χ2n) is 4.00. The monoisotopic (exact) mass is 269 g/mol. The minimum Gasteiger partial charge on any atom is -0.496 e. The van der Waals surface area contributed by atoms with E-state index in [-0.39, 0.29) is 5.56 Å². The predicted octanol–water partition coefficient (Wildman–Crippen LogP) is 3.15. The van der Waals surface area contributed by atoms with Gasteiger partial charge < -0.3 is 10.5 Å². The summed E-state index contributed by atoms with van der Waals surface area (Å²) in [6, 6.07) is 2.66. The Labute approximate surface area is 101 Å². The number of nitrogens with two attached hydrogens (primary N) is 1. The molecule has 0 saturated heterocycles. The first-order chi connectivity index (χ1) is 8.10. The van der Waals surface area contributed by atoms with Gasteiger partial charge >= 0.3 is 6.18 Å². The number of hydrogen-bond donors (Lipinski definition) is 1.